The van der Waals surface area contributed by atoms with Gasteiger partial charge in [-0.1, -0.05) is 6.92 Å². The summed E-state index contributed by atoms with van der Waals surface area (Å²) in [6.07, 6.45) is 0. The number of aromatic nitrogens is 1. The van der Waals surface area contributed by atoms with E-state index in [2.05, 4.69) is 28.9 Å². The molecule has 0 radical (unpaired) electrons. The van der Waals surface area contributed by atoms with Crippen LogP contribution < -0.4 is 4.74 Å². The van der Waals surface area contributed by atoms with Crippen LogP contribution in [0.2, 0.25) is 0 Å². The standard InChI is InChI=1S/C17H23N3O2/c1-11-8-20(10-19(3)12(2)21)9-16-17(11)14-7-13(22-4)5-6-15(14)18-16/h5-7,11,18H,8-10H2,1-4H3. The zero-order chi connectivity index (χ0) is 15.9. The summed E-state index contributed by atoms with van der Waals surface area (Å²) in [6, 6.07) is 6.17. The molecule has 1 unspecified atom stereocenters. The summed E-state index contributed by atoms with van der Waals surface area (Å²) in [5.74, 6) is 1.41. The van der Waals surface area contributed by atoms with Gasteiger partial charge >= 0.3 is 0 Å². The maximum absolute atomic E-state index is 11.4. The lowest BCUT2D eigenvalue weighted by Gasteiger charge is -2.33. The largest absolute Gasteiger partial charge is 0.497 e. The molecule has 1 aliphatic heterocycles. The van der Waals surface area contributed by atoms with E-state index in [0.29, 0.717) is 12.6 Å². The second-order valence-electron chi connectivity index (χ2n) is 6.20. The van der Waals surface area contributed by atoms with Crippen molar-refractivity contribution in [2.45, 2.75) is 26.3 Å². The van der Waals surface area contributed by atoms with E-state index < -0.39 is 0 Å². The number of hydrogen-bond acceptors (Lipinski definition) is 3. The van der Waals surface area contributed by atoms with Crippen molar-refractivity contribution in [3.05, 3.63) is 29.5 Å². The number of methoxy groups -OCH3 is 1. The Hall–Kier alpha value is -2.01. The van der Waals surface area contributed by atoms with E-state index >= 15 is 0 Å². The van der Waals surface area contributed by atoms with Gasteiger partial charge in [0.15, 0.2) is 0 Å². The van der Waals surface area contributed by atoms with E-state index in [1.807, 2.05) is 13.1 Å². The number of ether oxygens (including phenoxy) is 1. The second-order valence-corrected chi connectivity index (χ2v) is 6.20. The summed E-state index contributed by atoms with van der Waals surface area (Å²) in [7, 11) is 3.54. The summed E-state index contributed by atoms with van der Waals surface area (Å²) >= 11 is 0. The van der Waals surface area contributed by atoms with Crippen molar-refractivity contribution in [2.24, 2.45) is 0 Å². The number of fused-ring (bicyclic) bond motifs is 3. The Labute approximate surface area is 130 Å². The number of amides is 1. The van der Waals surface area contributed by atoms with Crippen molar-refractivity contribution < 1.29 is 9.53 Å². The molecule has 1 aromatic carbocycles. The fourth-order valence-corrected chi connectivity index (χ4v) is 3.34. The van der Waals surface area contributed by atoms with Crippen LogP contribution in [0, 0.1) is 0 Å². The van der Waals surface area contributed by atoms with Gasteiger partial charge in [-0.05, 0) is 29.7 Å². The summed E-state index contributed by atoms with van der Waals surface area (Å²) in [4.78, 5) is 19.0. The highest BCUT2D eigenvalue weighted by molar-refractivity contribution is 5.86. The van der Waals surface area contributed by atoms with Gasteiger partial charge in [-0.3, -0.25) is 9.69 Å². The first-order chi connectivity index (χ1) is 10.5. The summed E-state index contributed by atoms with van der Waals surface area (Å²) in [6.45, 7) is 6.31. The first-order valence-corrected chi connectivity index (χ1v) is 7.62. The highest BCUT2D eigenvalue weighted by Gasteiger charge is 2.27. The van der Waals surface area contributed by atoms with Gasteiger partial charge in [-0.25, -0.2) is 0 Å². The molecular weight excluding hydrogens is 278 g/mol. The molecule has 1 atom stereocenters. The average Bonchev–Trinajstić information content (AvgIpc) is 2.84. The van der Waals surface area contributed by atoms with Crippen LogP contribution in [0.5, 0.6) is 5.75 Å². The molecule has 1 N–H and O–H groups in total. The highest BCUT2D eigenvalue weighted by Crippen LogP contribution is 2.35. The molecule has 2 aromatic rings. The summed E-state index contributed by atoms with van der Waals surface area (Å²) < 4.78 is 5.35. The molecule has 1 amide bonds. The zero-order valence-corrected chi connectivity index (χ0v) is 13.6. The third-order valence-corrected chi connectivity index (χ3v) is 4.48. The maximum atomic E-state index is 11.4. The Bertz CT molecular complexity index is 707. The van der Waals surface area contributed by atoms with Crippen LogP contribution in [0.1, 0.15) is 31.0 Å². The van der Waals surface area contributed by atoms with E-state index in [1.54, 1.807) is 18.9 Å². The van der Waals surface area contributed by atoms with Crippen LogP contribution in [0.3, 0.4) is 0 Å². The van der Waals surface area contributed by atoms with Crippen molar-refractivity contribution >= 4 is 16.8 Å². The fraction of sp³-hybridized carbons (Fsp3) is 0.471. The Morgan fingerprint density at radius 1 is 1.50 bits per heavy atom. The van der Waals surface area contributed by atoms with Gasteiger partial charge in [0.05, 0.1) is 13.8 Å². The molecule has 22 heavy (non-hydrogen) atoms. The van der Waals surface area contributed by atoms with Crippen molar-refractivity contribution in [1.82, 2.24) is 14.8 Å². The lowest BCUT2D eigenvalue weighted by atomic mass is 9.93. The van der Waals surface area contributed by atoms with E-state index in [0.717, 1.165) is 24.4 Å². The molecule has 3 rings (SSSR count). The number of benzene rings is 1. The van der Waals surface area contributed by atoms with Gasteiger partial charge in [0.25, 0.3) is 0 Å². The molecule has 1 aromatic heterocycles. The second kappa shape index (κ2) is 5.65. The summed E-state index contributed by atoms with van der Waals surface area (Å²) in [5, 5.41) is 1.25. The number of nitrogens with zero attached hydrogens (tertiary/aromatic N) is 2. The Kier molecular flexibility index (Phi) is 3.83. The van der Waals surface area contributed by atoms with Crippen LogP contribution in [0.15, 0.2) is 18.2 Å². The van der Waals surface area contributed by atoms with E-state index in [4.69, 9.17) is 4.74 Å². The molecule has 2 heterocycles. The van der Waals surface area contributed by atoms with Gasteiger partial charge in [-0.2, -0.15) is 0 Å². The van der Waals surface area contributed by atoms with Crippen molar-refractivity contribution in [1.29, 1.82) is 0 Å². The van der Waals surface area contributed by atoms with Crippen molar-refractivity contribution in [3.8, 4) is 5.75 Å². The SMILES string of the molecule is COc1ccc2[nH]c3c(c2c1)C(C)CN(CN(C)C(C)=O)C3. The predicted octanol–water partition coefficient (Wildman–Crippen LogP) is 2.53. The number of carbonyl (C=O) groups is 1. The van der Waals surface area contributed by atoms with Gasteiger partial charge < -0.3 is 14.6 Å². The molecule has 5 nitrogen and oxygen atoms in total. The molecule has 1 aliphatic rings. The number of rotatable bonds is 3. The van der Waals surface area contributed by atoms with E-state index in [9.17, 15) is 4.79 Å². The van der Waals surface area contributed by atoms with Crippen molar-refractivity contribution in [2.75, 3.05) is 27.4 Å². The third-order valence-electron chi connectivity index (χ3n) is 4.48. The third kappa shape index (κ3) is 2.57. The number of carbonyl (C=O) groups excluding carboxylic acids is 1. The van der Waals surface area contributed by atoms with Gasteiger partial charge in [0.1, 0.15) is 5.75 Å². The first kappa shape index (κ1) is 14.9. The van der Waals surface area contributed by atoms with Crippen LogP contribution in [0.4, 0.5) is 0 Å². The average molecular weight is 301 g/mol. The van der Waals surface area contributed by atoms with E-state index in [1.165, 1.54) is 16.6 Å². The number of hydrogen-bond donors (Lipinski definition) is 1. The predicted molar refractivity (Wildman–Crippen MR) is 87.0 cm³/mol. The molecule has 0 fully saturated rings. The normalized spacial score (nSPS) is 18.3. The van der Waals surface area contributed by atoms with Gasteiger partial charge in [0.2, 0.25) is 5.91 Å². The van der Waals surface area contributed by atoms with Gasteiger partial charge in [-0.15, -0.1) is 0 Å². The van der Waals surface area contributed by atoms with Gasteiger partial charge in [0, 0.05) is 43.7 Å². The smallest absolute Gasteiger partial charge is 0.220 e. The van der Waals surface area contributed by atoms with Crippen LogP contribution in [0.25, 0.3) is 10.9 Å². The minimum absolute atomic E-state index is 0.0971. The number of aromatic amines is 1. The Morgan fingerprint density at radius 3 is 2.95 bits per heavy atom. The molecule has 0 aliphatic carbocycles. The topological polar surface area (TPSA) is 48.6 Å². The summed E-state index contributed by atoms with van der Waals surface area (Å²) in [5.41, 5.74) is 3.79. The lowest BCUT2D eigenvalue weighted by molar-refractivity contribution is -0.129. The van der Waals surface area contributed by atoms with Crippen LogP contribution in [-0.4, -0.2) is 48.1 Å². The molecular formula is C17H23N3O2. The molecule has 0 spiro atoms. The molecule has 5 heteroatoms. The Morgan fingerprint density at radius 2 is 2.27 bits per heavy atom. The fourth-order valence-electron chi connectivity index (χ4n) is 3.34. The van der Waals surface area contributed by atoms with Crippen LogP contribution >= 0.6 is 0 Å². The molecule has 0 saturated carbocycles. The molecule has 0 bridgehead atoms. The minimum atomic E-state index is 0.0971. The number of H-pyrrole nitrogens is 1. The lowest BCUT2D eigenvalue weighted by Crippen LogP contribution is -2.41. The minimum Gasteiger partial charge on any atom is -0.497 e. The maximum Gasteiger partial charge on any atom is 0.220 e. The molecule has 0 saturated heterocycles. The van der Waals surface area contributed by atoms with Crippen LogP contribution in [-0.2, 0) is 11.3 Å². The Balaban J connectivity index is 1.92. The highest BCUT2D eigenvalue weighted by atomic mass is 16.5. The van der Waals surface area contributed by atoms with E-state index in [-0.39, 0.29) is 5.91 Å². The first-order valence-electron chi connectivity index (χ1n) is 7.62. The quantitative estimate of drug-likeness (QED) is 0.947. The monoisotopic (exact) mass is 301 g/mol. The number of nitrogens with one attached hydrogen (secondary N) is 1. The van der Waals surface area contributed by atoms with Crippen molar-refractivity contribution in [3.63, 3.8) is 0 Å². The zero-order valence-electron chi connectivity index (χ0n) is 13.6. The molecule has 118 valence electrons.